The maximum absolute atomic E-state index is 13.7. The molecule has 0 atom stereocenters. The molecule has 0 fully saturated rings. The maximum Gasteiger partial charge on any atom is 0.345 e. The second kappa shape index (κ2) is 18.2. The molecule has 8 nitrogen and oxygen atoms in total. The third kappa shape index (κ3) is 7.92. The van der Waals surface area contributed by atoms with Crippen molar-refractivity contribution in [3.63, 3.8) is 0 Å². The van der Waals surface area contributed by atoms with E-state index in [4.69, 9.17) is 18.3 Å². The highest BCUT2D eigenvalue weighted by atomic mass is 16.5. The van der Waals surface area contributed by atoms with Gasteiger partial charge in [-0.05, 0) is 98.6 Å². The third-order valence-corrected chi connectivity index (χ3v) is 13.2. The van der Waals surface area contributed by atoms with Gasteiger partial charge in [-0.3, -0.25) is 0 Å². The number of rotatable bonds is 14. The fourth-order valence-corrected chi connectivity index (χ4v) is 9.64. The standard InChI is InChI=1S/C59H52N2O6/c1-6-8-30-61(31-9-7-2)40-27-26-39-32-51(59(63)66-55(39)33-40)54-29-28-53(60(54)3)49-21-13-19-47-46(18-12-20-48(47)49)45-17-11-15-43-42(14-10-16-44(43)45)37-22-24-38(25-23-37)50-36-52-56(65-5)34-41(64-4)35-57(52)67-58(50)62/h10-29,32-36H,6-9,30-31H2,1-5H3. The van der Waals surface area contributed by atoms with Crippen molar-refractivity contribution in [3.8, 4) is 67.4 Å². The summed E-state index contributed by atoms with van der Waals surface area (Å²) in [6.45, 7) is 6.39. The van der Waals surface area contributed by atoms with Crippen molar-refractivity contribution in [2.24, 2.45) is 7.05 Å². The zero-order valence-corrected chi connectivity index (χ0v) is 38.5. The molecular formula is C59H52N2O6. The van der Waals surface area contributed by atoms with Crippen LogP contribution in [0.3, 0.4) is 0 Å². The van der Waals surface area contributed by atoms with E-state index in [1.807, 2.05) is 43.4 Å². The number of methoxy groups -OCH3 is 2. The van der Waals surface area contributed by atoms with E-state index >= 15 is 0 Å². The maximum atomic E-state index is 13.7. The van der Waals surface area contributed by atoms with Crippen LogP contribution in [0.2, 0.25) is 0 Å². The summed E-state index contributed by atoms with van der Waals surface area (Å²) in [7, 11) is 5.16. The molecular weight excluding hydrogens is 833 g/mol. The summed E-state index contributed by atoms with van der Waals surface area (Å²) in [5, 5.41) is 6.07. The van der Waals surface area contributed by atoms with Crippen LogP contribution in [0.15, 0.2) is 170 Å². The minimum absolute atomic E-state index is 0.349. The average Bonchev–Trinajstić information content (AvgIpc) is 3.74. The van der Waals surface area contributed by atoms with Crippen molar-refractivity contribution in [1.82, 2.24) is 4.57 Å². The number of hydrogen-bond acceptors (Lipinski definition) is 7. The fourth-order valence-electron chi connectivity index (χ4n) is 9.64. The van der Waals surface area contributed by atoms with Gasteiger partial charge in [0.1, 0.15) is 22.7 Å². The van der Waals surface area contributed by atoms with E-state index in [-0.39, 0.29) is 5.63 Å². The summed E-state index contributed by atoms with van der Waals surface area (Å²) in [6.07, 6.45) is 4.49. The molecule has 7 aromatic carbocycles. The van der Waals surface area contributed by atoms with Crippen LogP contribution >= 0.6 is 0 Å². The number of hydrogen-bond donors (Lipinski definition) is 0. The summed E-state index contributed by atoms with van der Waals surface area (Å²) in [4.78, 5) is 29.4. The Bertz CT molecular complexity index is 3590. The molecule has 0 unspecified atom stereocenters. The average molecular weight is 885 g/mol. The molecule has 10 rings (SSSR count). The second-order valence-corrected chi connectivity index (χ2v) is 17.2. The Kier molecular flexibility index (Phi) is 11.7. The van der Waals surface area contributed by atoms with E-state index in [1.165, 1.54) is 0 Å². The van der Waals surface area contributed by atoms with Crippen molar-refractivity contribution >= 4 is 49.2 Å². The van der Waals surface area contributed by atoms with Crippen LogP contribution in [0, 0.1) is 0 Å². The van der Waals surface area contributed by atoms with Crippen LogP contribution in [-0.2, 0) is 7.05 Å². The lowest BCUT2D eigenvalue weighted by Crippen LogP contribution is -2.25. The van der Waals surface area contributed by atoms with Crippen molar-refractivity contribution in [2.75, 3.05) is 32.2 Å². The molecule has 334 valence electrons. The van der Waals surface area contributed by atoms with E-state index in [0.717, 1.165) is 116 Å². The van der Waals surface area contributed by atoms with Crippen LogP contribution < -0.4 is 25.6 Å². The molecule has 0 amide bonds. The Labute approximate surface area is 389 Å². The predicted octanol–water partition coefficient (Wildman–Crippen LogP) is 14.3. The normalized spacial score (nSPS) is 11.5. The quantitative estimate of drug-likeness (QED) is 0.101. The van der Waals surface area contributed by atoms with Crippen LogP contribution in [0.5, 0.6) is 11.5 Å². The van der Waals surface area contributed by atoms with Gasteiger partial charge in [0.05, 0.1) is 36.4 Å². The topological polar surface area (TPSA) is 87.0 Å². The highest BCUT2D eigenvalue weighted by molar-refractivity contribution is 6.11. The summed E-state index contributed by atoms with van der Waals surface area (Å²) in [5.74, 6) is 1.11. The van der Waals surface area contributed by atoms with E-state index in [0.29, 0.717) is 39.2 Å². The van der Waals surface area contributed by atoms with Gasteiger partial charge in [0.25, 0.3) is 0 Å². The number of anilines is 1. The first-order valence-corrected chi connectivity index (χ1v) is 23.1. The van der Waals surface area contributed by atoms with E-state index in [1.54, 1.807) is 26.4 Å². The Balaban J connectivity index is 0.980. The predicted molar refractivity (Wildman–Crippen MR) is 275 cm³/mol. The Hall–Kier alpha value is -7.84. The molecule has 0 spiro atoms. The Morgan fingerprint density at radius 1 is 0.493 bits per heavy atom. The lowest BCUT2D eigenvalue weighted by molar-refractivity contribution is 0.396. The van der Waals surface area contributed by atoms with Gasteiger partial charge in [-0.15, -0.1) is 0 Å². The minimum atomic E-state index is -0.436. The first-order chi connectivity index (χ1) is 32.8. The molecule has 0 N–H and O–H groups in total. The Morgan fingerprint density at radius 2 is 1.03 bits per heavy atom. The summed E-state index contributed by atoms with van der Waals surface area (Å²) >= 11 is 0. The number of ether oxygens (including phenoxy) is 2. The first kappa shape index (κ1) is 43.1. The van der Waals surface area contributed by atoms with E-state index in [9.17, 15) is 9.59 Å². The second-order valence-electron chi connectivity index (χ2n) is 17.2. The third-order valence-electron chi connectivity index (χ3n) is 13.2. The van der Waals surface area contributed by atoms with Crippen LogP contribution in [-0.4, -0.2) is 31.9 Å². The largest absolute Gasteiger partial charge is 0.496 e. The zero-order chi connectivity index (χ0) is 46.2. The van der Waals surface area contributed by atoms with E-state index in [2.05, 4.69) is 126 Å². The SMILES string of the molecule is CCCCN(CCCC)c1ccc2cc(-c3ccc(-c4cccc5c(-c6cccc7c(-c8ccc(-c9cc%10c(OC)cc(OC)cc%10oc9=O)cc8)cccc67)cccc45)n3C)c(=O)oc2c1. The van der Waals surface area contributed by atoms with Crippen molar-refractivity contribution in [3.05, 3.63) is 172 Å². The summed E-state index contributed by atoms with van der Waals surface area (Å²) < 4.78 is 24.9. The van der Waals surface area contributed by atoms with Crippen molar-refractivity contribution < 1.29 is 18.3 Å². The summed E-state index contributed by atoms with van der Waals surface area (Å²) in [5.41, 5.74) is 10.3. The van der Waals surface area contributed by atoms with Crippen LogP contribution in [0.1, 0.15) is 39.5 Å². The molecule has 3 heterocycles. The van der Waals surface area contributed by atoms with Gasteiger partial charge >= 0.3 is 11.3 Å². The Morgan fingerprint density at radius 3 is 1.64 bits per heavy atom. The lowest BCUT2D eigenvalue weighted by atomic mass is 9.89. The monoisotopic (exact) mass is 884 g/mol. The van der Waals surface area contributed by atoms with Gasteiger partial charge in [-0.1, -0.05) is 124 Å². The summed E-state index contributed by atoms with van der Waals surface area (Å²) in [6, 6.07) is 51.5. The molecule has 0 saturated heterocycles. The molecule has 67 heavy (non-hydrogen) atoms. The van der Waals surface area contributed by atoms with Gasteiger partial charge in [0, 0.05) is 60.7 Å². The van der Waals surface area contributed by atoms with Gasteiger partial charge in [-0.2, -0.15) is 0 Å². The van der Waals surface area contributed by atoms with Crippen LogP contribution in [0.25, 0.3) is 99.4 Å². The molecule has 0 saturated carbocycles. The van der Waals surface area contributed by atoms with Crippen molar-refractivity contribution in [1.29, 1.82) is 0 Å². The molecule has 0 radical (unpaired) electrons. The van der Waals surface area contributed by atoms with Gasteiger partial charge in [0.2, 0.25) is 0 Å². The highest BCUT2D eigenvalue weighted by Crippen LogP contribution is 2.41. The number of aromatic nitrogens is 1. The van der Waals surface area contributed by atoms with E-state index < -0.39 is 5.63 Å². The molecule has 3 aromatic heterocycles. The smallest absolute Gasteiger partial charge is 0.345 e. The molecule has 8 heteroatoms. The number of fused-ring (bicyclic) bond motifs is 4. The first-order valence-electron chi connectivity index (χ1n) is 23.1. The number of nitrogens with zero attached hydrogens (tertiary/aromatic N) is 2. The molecule has 0 aliphatic heterocycles. The van der Waals surface area contributed by atoms with Gasteiger partial charge in [-0.25, -0.2) is 9.59 Å². The minimum Gasteiger partial charge on any atom is -0.496 e. The molecule has 10 aromatic rings. The number of benzene rings is 7. The zero-order valence-electron chi connectivity index (χ0n) is 38.5. The molecule has 0 aliphatic rings. The lowest BCUT2D eigenvalue weighted by Gasteiger charge is -2.24. The molecule has 0 bridgehead atoms. The highest BCUT2D eigenvalue weighted by Gasteiger charge is 2.19. The van der Waals surface area contributed by atoms with Gasteiger partial charge < -0.3 is 27.8 Å². The fraction of sp³-hybridized carbons (Fsp3) is 0.186. The van der Waals surface area contributed by atoms with Crippen LogP contribution in [0.4, 0.5) is 5.69 Å². The number of unbranched alkanes of at least 4 members (excludes halogenated alkanes) is 2. The molecule has 0 aliphatic carbocycles. The van der Waals surface area contributed by atoms with Gasteiger partial charge in [0.15, 0.2) is 0 Å². The van der Waals surface area contributed by atoms with Crippen molar-refractivity contribution in [2.45, 2.75) is 39.5 Å².